The van der Waals surface area contributed by atoms with Gasteiger partial charge in [-0.2, -0.15) is 5.26 Å². The van der Waals surface area contributed by atoms with Crippen molar-refractivity contribution >= 4 is 22.7 Å². The van der Waals surface area contributed by atoms with E-state index < -0.39 is 5.91 Å². The van der Waals surface area contributed by atoms with Crippen LogP contribution in [-0.4, -0.2) is 16.8 Å². The van der Waals surface area contributed by atoms with Gasteiger partial charge in [0, 0.05) is 28.2 Å². The number of nitrogens with zero attached hydrogens (tertiary/aromatic N) is 1. The summed E-state index contributed by atoms with van der Waals surface area (Å²) in [6.07, 6.45) is 1.92. The van der Waals surface area contributed by atoms with Gasteiger partial charge in [0.25, 0.3) is 5.91 Å². The highest BCUT2D eigenvalue weighted by Gasteiger charge is 2.16. The van der Waals surface area contributed by atoms with Crippen LogP contribution in [0.15, 0.2) is 79.0 Å². The van der Waals surface area contributed by atoms with Gasteiger partial charge in [0.1, 0.15) is 0 Å². The van der Waals surface area contributed by atoms with E-state index in [9.17, 15) is 14.9 Å². The first-order valence-electron chi connectivity index (χ1n) is 9.40. The molecule has 0 aliphatic carbocycles. The molecule has 0 unspecified atom stereocenters. The van der Waals surface area contributed by atoms with Crippen LogP contribution >= 0.6 is 0 Å². The van der Waals surface area contributed by atoms with Gasteiger partial charge in [-0.3, -0.25) is 20.4 Å². The second-order valence-electron chi connectivity index (χ2n) is 6.74. The average Bonchev–Trinajstić information content (AvgIpc) is 3.20. The Bertz CT molecular complexity index is 1280. The van der Waals surface area contributed by atoms with E-state index in [2.05, 4.69) is 21.9 Å². The summed E-state index contributed by atoms with van der Waals surface area (Å²) in [5, 5.41) is 10.3. The summed E-state index contributed by atoms with van der Waals surface area (Å²) in [5.74, 6) is -0.784. The fraction of sp³-hybridized carbons (Fsp3) is 0.0417. The predicted molar refractivity (Wildman–Crippen MR) is 114 cm³/mol. The molecule has 0 spiro atoms. The Morgan fingerprint density at radius 1 is 0.867 bits per heavy atom. The molecule has 0 bridgehead atoms. The number of carbonyl (C=O) groups is 2. The number of amides is 2. The molecule has 0 fully saturated rings. The van der Waals surface area contributed by atoms with E-state index in [-0.39, 0.29) is 12.3 Å². The topological polar surface area (TPSA) is 97.8 Å². The van der Waals surface area contributed by atoms with E-state index in [0.717, 1.165) is 16.5 Å². The Hall–Kier alpha value is -4.37. The maximum absolute atomic E-state index is 12.7. The summed E-state index contributed by atoms with van der Waals surface area (Å²) < 4.78 is 0. The van der Waals surface area contributed by atoms with Crippen LogP contribution in [0.2, 0.25) is 0 Å². The molecule has 4 rings (SSSR count). The quantitative estimate of drug-likeness (QED) is 0.460. The van der Waals surface area contributed by atoms with Crippen molar-refractivity contribution in [1.29, 1.82) is 5.26 Å². The fourth-order valence-electron chi connectivity index (χ4n) is 3.42. The largest absolute Gasteiger partial charge is 0.361 e. The number of rotatable bonds is 4. The second kappa shape index (κ2) is 8.33. The number of hydrogen-bond donors (Lipinski definition) is 3. The first-order chi connectivity index (χ1) is 14.7. The molecule has 146 valence electrons. The lowest BCUT2D eigenvalue weighted by molar-refractivity contribution is -0.121. The van der Waals surface area contributed by atoms with Crippen molar-refractivity contribution in [2.75, 3.05) is 0 Å². The number of aromatic amines is 1. The Labute approximate surface area is 173 Å². The molecule has 0 saturated carbocycles. The van der Waals surface area contributed by atoms with Crippen molar-refractivity contribution in [2.45, 2.75) is 6.42 Å². The van der Waals surface area contributed by atoms with Crippen LogP contribution < -0.4 is 10.9 Å². The number of nitriles is 1. The number of hydrogen-bond acceptors (Lipinski definition) is 3. The summed E-state index contributed by atoms with van der Waals surface area (Å²) in [4.78, 5) is 28.2. The molecule has 0 aliphatic heterocycles. The lowest BCUT2D eigenvalue weighted by Gasteiger charge is -2.12. The van der Waals surface area contributed by atoms with E-state index in [1.807, 2.05) is 30.3 Å². The van der Waals surface area contributed by atoms with Crippen LogP contribution in [-0.2, 0) is 11.2 Å². The van der Waals surface area contributed by atoms with Gasteiger partial charge in [-0.1, -0.05) is 54.6 Å². The zero-order chi connectivity index (χ0) is 20.9. The Balaban J connectivity index is 1.48. The molecule has 1 aromatic heterocycles. The summed E-state index contributed by atoms with van der Waals surface area (Å²) in [7, 11) is 0. The second-order valence-corrected chi connectivity index (χ2v) is 6.74. The molecule has 0 radical (unpaired) electrons. The number of H-pyrrole nitrogens is 1. The molecule has 0 aliphatic rings. The molecular weight excluding hydrogens is 376 g/mol. The van der Waals surface area contributed by atoms with E-state index in [4.69, 9.17) is 0 Å². The number of benzene rings is 3. The number of hydrazine groups is 1. The van der Waals surface area contributed by atoms with Crippen LogP contribution in [0.5, 0.6) is 0 Å². The van der Waals surface area contributed by atoms with Crippen LogP contribution in [0, 0.1) is 11.3 Å². The summed E-state index contributed by atoms with van der Waals surface area (Å²) >= 11 is 0. The molecule has 6 heteroatoms. The molecule has 30 heavy (non-hydrogen) atoms. The van der Waals surface area contributed by atoms with Crippen LogP contribution in [0.1, 0.15) is 21.5 Å². The monoisotopic (exact) mass is 394 g/mol. The van der Waals surface area contributed by atoms with Crippen molar-refractivity contribution < 1.29 is 9.59 Å². The van der Waals surface area contributed by atoms with Gasteiger partial charge >= 0.3 is 0 Å². The third-order valence-electron chi connectivity index (χ3n) is 4.85. The van der Waals surface area contributed by atoms with Crippen molar-refractivity contribution in [3.8, 4) is 17.2 Å². The first kappa shape index (κ1) is 19.0. The summed E-state index contributed by atoms with van der Waals surface area (Å²) in [6, 6.07) is 23.9. The summed E-state index contributed by atoms with van der Waals surface area (Å²) in [6.45, 7) is 0. The number of para-hydroxylation sites is 1. The van der Waals surface area contributed by atoms with Gasteiger partial charge in [0.15, 0.2) is 0 Å². The lowest BCUT2D eigenvalue weighted by Crippen LogP contribution is -2.42. The van der Waals surface area contributed by atoms with E-state index >= 15 is 0 Å². The van der Waals surface area contributed by atoms with Gasteiger partial charge in [0.05, 0.1) is 18.1 Å². The molecule has 4 aromatic rings. The minimum atomic E-state index is -0.453. The molecule has 1 heterocycles. The number of carbonyl (C=O) groups excluding carboxylic acids is 2. The van der Waals surface area contributed by atoms with E-state index in [1.165, 1.54) is 0 Å². The zero-order valence-corrected chi connectivity index (χ0v) is 16.0. The Kier molecular flexibility index (Phi) is 5.27. The average molecular weight is 394 g/mol. The smallest absolute Gasteiger partial charge is 0.270 e. The number of fused-ring (bicyclic) bond motifs is 1. The molecule has 3 N–H and O–H groups in total. The fourth-order valence-corrected chi connectivity index (χ4v) is 3.42. The van der Waals surface area contributed by atoms with Gasteiger partial charge in [0.2, 0.25) is 5.91 Å². The van der Waals surface area contributed by atoms with Crippen LogP contribution in [0.4, 0.5) is 0 Å². The van der Waals surface area contributed by atoms with Gasteiger partial charge in [-0.25, -0.2) is 0 Å². The highest BCUT2D eigenvalue weighted by molar-refractivity contribution is 6.02. The van der Waals surface area contributed by atoms with Gasteiger partial charge in [-0.05, 0) is 29.3 Å². The number of nitrogens with one attached hydrogen (secondary N) is 3. The highest BCUT2D eigenvalue weighted by atomic mass is 16.2. The normalized spacial score (nSPS) is 10.4. The van der Waals surface area contributed by atoms with Gasteiger partial charge in [-0.15, -0.1) is 0 Å². The van der Waals surface area contributed by atoms with E-state index in [1.54, 1.807) is 48.7 Å². The van der Waals surface area contributed by atoms with Crippen molar-refractivity contribution in [1.82, 2.24) is 15.8 Å². The first-order valence-corrected chi connectivity index (χ1v) is 9.40. The SMILES string of the molecule is N#Cc1ccccc1-c1ccccc1C(=O)NNC(=O)Cc1c[nH]c2ccccc12. The summed E-state index contributed by atoms with van der Waals surface area (Å²) in [5.41, 5.74) is 8.88. The van der Waals surface area contributed by atoms with Gasteiger partial charge < -0.3 is 4.98 Å². The minimum Gasteiger partial charge on any atom is -0.361 e. The number of aromatic nitrogens is 1. The lowest BCUT2D eigenvalue weighted by atomic mass is 9.95. The maximum atomic E-state index is 12.7. The Morgan fingerprint density at radius 3 is 2.40 bits per heavy atom. The van der Waals surface area contributed by atoms with Crippen LogP contribution in [0.3, 0.4) is 0 Å². The van der Waals surface area contributed by atoms with Crippen LogP contribution in [0.25, 0.3) is 22.0 Å². The zero-order valence-electron chi connectivity index (χ0n) is 16.0. The van der Waals surface area contributed by atoms with E-state index in [0.29, 0.717) is 22.3 Å². The van der Waals surface area contributed by atoms with Crippen molar-refractivity contribution in [3.05, 3.63) is 95.7 Å². The van der Waals surface area contributed by atoms with Crippen molar-refractivity contribution in [3.63, 3.8) is 0 Å². The molecule has 0 saturated heterocycles. The minimum absolute atomic E-state index is 0.128. The molecule has 2 amide bonds. The third kappa shape index (κ3) is 3.77. The molecule has 0 atom stereocenters. The predicted octanol–water partition coefficient (Wildman–Crippen LogP) is 3.71. The molecule has 3 aromatic carbocycles. The Morgan fingerprint density at radius 2 is 1.57 bits per heavy atom. The standard InChI is InChI=1S/C24H18N4O2/c25-14-16-7-1-2-8-18(16)20-10-3-4-11-21(20)24(30)28-27-23(29)13-17-15-26-22-12-6-5-9-19(17)22/h1-12,15,26H,13H2,(H,27,29)(H,28,30). The third-order valence-corrected chi connectivity index (χ3v) is 4.85. The molecule has 6 nitrogen and oxygen atoms in total. The molecular formula is C24H18N4O2. The highest BCUT2D eigenvalue weighted by Crippen LogP contribution is 2.26. The van der Waals surface area contributed by atoms with Crippen molar-refractivity contribution in [2.24, 2.45) is 0 Å². The maximum Gasteiger partial charge on any atom is 0.270 e.